The van der Waals surface area contributed by atoms with Gasteiger partial charge in [0.1, 0.15) is 0 Å². The van der Waals surface area contributed by atoms with E-state index in [1.807, 2.05) is 0 Å². The van der Waals surface area contributed by atoms with Crippen LogP contribution in [0.5, 0.6) is 0 Å². The van der Waals surface area contributed by atoms with E-state index in [1.54, 1.807) is 18.2 Å². The van der Waals surface area contributed by atoms with Gasteiger partial charge in [-0.05, 0) is 24.6 Å². The van der Waals surface area contributed by atoms with E-state index in [0.717, 1.165) is 12.1 Å². The Balaban J connectivity index is 2.47. The summed E-state index contributed by atoms with van der Waals surface area (Å²) in [5.74, 6) is -3.24. The molecule has 0 unspecified atom stereocenters. The van der Waals surface area contributed by atoms with Crippen LogP contribution < -0.4 is 10.0 Å². The maximum absolute atomic E-state index is 14.1. The van der Waals surface area contributed by atoms with E-state index in [2.05, 4.69) is 4.74 Å². The Labute approximate surface area is 171 Å². The fourth-order valence-electron chi connectivity index (χ4n) is 2.50. The van der Waals surface area contributed by atoms with Crippen molar-refractivity contribution in [2.75, 3.05) is 6.61 Å². The van der Waals surface area contributed by atoms with Gasteiger partial charge in [-0.3, -0.25) is 4.79 Å². The van der Waals surface area contributed by atoms with Gasteiger partial charge in [0, 0.05) is 0 Å². The van der Waals surface area contributed by atoms with E-state index >= 15 is 0 Å². The van der Waals surface area contributed by atoms with Gasteiger partial charge in [-0.1, -0.05) is 48.5 Å². The van der Waals surface area contributed by atoms with Gasteiger partial charge >= 0.3 is 17.8 Å². The second-order valence-corrected chi connectivity index (χ2v) is 7.78. The Morgan fingerprint density at radius 1 is 0.967 bits per heavy atom. The molecule has 7 nitrogen and oxygen atoms in total. The van der Waals surface area contributed by atoms with Crippen molar-refractivity contribution in [3.05, 3.63) is 66.2 Å². The third-order valence-corrected chi connectivity index (χ3v) is 5.35. The highest BCUT2D eigenvalue weighted by Crippen LogP contribution is 2.31. The number of amides is 1. The van der Waals surface area contributed by atoms with Crippen molar-refractivity contribution in [1.29, 1.82) is 0 Å². The maximum atomic E-state index is 14.1. The summed E-state index contributed by atoms with van der Waals surface area (Å²) >= 11 is 0. The lowest BCUT2D eigenvalue weighted by Crippen LogP contribution is -2.73. The molecule has 2 aromatic rings. The summed E-state index contributed by atoms with van der Waals surface area (Å²) < 4.78 is 73.1. The molecule has 0 aromatic heterocycles. The molecule has 0 aliphatic rings. The normalized spacial score (nSPS) is 13.9. The smallest absolute Gasteiger partial charge is 0.437 e. The molecule has 0 heterocycles. The highest BCUT2D eigenvalue weighted by Gasteiger charge is 2.65. The van der Waals surface area contributed by atoms with E-state index in [1.165, 1.54) is 47.3 Å². The number of alkyl halides is 3. The third kappa shape index (κ3) is 5.36. The molecule has 0 radical (unpaired) electrons. The summed E-state index contributed by atoms with van der Waals surface area (Å²) in [5, 5.41) is 1.50. The van der Waals surface area contributed by atoms with Gasteiger partial charge in [0.25, 0.3) is 0 Å². The van der Waals surface area contributed by atoms with Crippen molar-refractivity contribution < 1.29 is 35.9 Å². The number of halogens is 3. The summed E-state index contributed by atoms with van der Waals surface area (Å²) in [6.07, 6.45) is -6.07. The predicted molar refractivity (Wildman–Crippen MR) is 100 cm³/mol. The molecule has 1 amide bonds. The minimum absolute atomic E-state index is 0.362. The zero-order valence-corrected chi connectivity index (χ0v) is 16.6. The molecule has 162 valence electrons. The molecule has 0 aliphatic carbocycles. The molecule has 0 spiro atoms. The van der Waals surface area contributed by atoms with Crippen molar-refractivity contribution in [3.8, 4) is 0 Å². The monoisotopic (exact) mass is 444 g/mol. The van der Waals surface area contributed by atoms with Gasteiger partial charge in [0.15, 0.2) is 0 Å². The number of nitrogens with one attached hydrogen (secondary N) is 2. The number of sulfonamides is 1. The molecule has 0 aliphatic heterocycles. The minimum Gasteiger partial charge on any atom is -0.463 e. The van der Waals surface area contributed by atoms with Gasteiger partial charge < -0.3 is 10.1 Å². The molecule has 2 aromatic carbocycles. The van der Waals surface area contributed by atoms with Gasteiger partial charge in [-0.2, -0.15) is 17.9 Å². The van der Waals surface area contributed by atoms with E-state index in [-0.39, 0.29) is 0 Å². The van der Waals surface area contributed by atoms with Crippen LogP contribution in [0.4, 0.5) is 13.2 Å². The SMILES string of the molecule is CCOC(=O)[C@@](NC(=O)Cc1ccccc1)(NS(=O)(=O)c1ccccc1)C(F)(F)F. The molecule has 1 atom stereocenters. The topological polar surface area (TPSA) is 102 Å². The first-order valence-electron chi connectivity index (χ1n) is 8.70. The van der Waals surface area contributed by atoms with Crippen LogP contribution in [-0.4, -0.2) is 38.7 Å². The highest BCUT2D eigenvalue weighted by molar-refractivity contribution is 7.89. The Kier molecular flexibility index (Phi) is 7.21. The van der Waals surface area contributed by atoms with Crippen LogP contribution in [0.2, 0.25) is 0 Å². The zero-order chi connectivity index (χ0) is 22.4. The van der Waals surface area contributed by atoms with Crippen LogP contribution in [-0.2, 0) is 30.8 Å². The Morgan fingerprint density at radius 3 is 2.00 bits per heavy atom. The van der Waals surface area contributed by atoms with Crippen molar-refractivity contribution in [2.45, 2.75) is 30.1 Å². The van der Waals surface area contributed by atoms with Gasteiger partial charge in [-0.15, -0.1) is 0 Å². The molecule has 11 heteroatoms. The lowest BCUT2D eigenvalue weighted by molar-refractivity contribution is -0.217. The number of rotatable bonds is 8. The predicted octanol–water partition coefficient (Wildman–Crippen LogP) is 2.15. The number of ether oxygens (including phenoxy) is 1. The van der Waals surface area contributed by atoms with Crippen LogP contribution >= 0.6 is 0 Å². The van der Waals surface area contributed by atoms with E-state index in [0.29, 0.717) is 5.56 Å². The van der Waals surface area contributed by atoms with Crippen molar-refractivity contribution >= 4 is 21.9 Å². The molecule has 0 saturated heterocycles. The van der Waals surface area contributed by atoms with Crippen LogP contribution in [0.15, 0.2) is 65.6 Å². The summed E-state index contributed by atoms with van der Waals surface area (Å²) in [4.78, 5) is 24.1. The van der Waals surface area contributed by atoms with Crippen LogP contribution in [0, 0.1) is 0 Å². The fourth-order valence-corrected chi connectivity index (χ4v) is 3.78. The summed E-state index contributed by atoms with van der Waals surface area (Å²) in [6, 6.07) is 13.9. The summed E-state index contributed by atoms with van der Waals surface area (Å²) in [6.45, 7) is 0.773. The largest absolute Gasteiger partial charge is 0.463 e. The second-order valence-electron chi connectivity index (χ2n) is 6.10. The number of benzene rings is 2. The van der Waals surface area contributed by atoms with Crippen molar-refractivity contribution in [3.63, 3.8) is 0 Å². The molecular formula is C19H19F3N2O5S. The molecule has 0 bridgehead atoms. The van der Waals surface area contributed by atoms with E-state index in [4.69, 9.17) is 0 Å². The molecule has 0 saturated carbocycles. The molecule has 0 fully saturated rings. The Bertz CT molecular complexity index is 982. The fraction of sp³-hybridized carbons (Fsp3) is 0.263. The van der Waals surface area contributed by atoms with Crippen LogP contribution in [0.3, 0.4) is 0 Å². The Morgan fingerprint density at radius 2 is 1.50 bits per heavy atom. The van der Waals surface area contributed by atoms with E-state index in [9.17, 15) is 31.2 Å². The number of hydrogen-bond donors (Lipinski definition) is 2. The summed E-state index contributed by atoms with van der Waals surface area (Å²) in [5.41, 5.74) is -3.65. The van der Waals surface area contributed by atoms with Gasteiger partial charge in [0.2, 0.25) is 15.9 Å². The molecule has 2 N–H and O–H groups in total. The average molecular weight is 444 g/mol. The van der Waals surface area contributed by atoms with Gasteiger partial charge in [-0.25, -0.2) is 13.2 Å². The third-order valence-electron chi connectivity index (χ3n) is 3.88. The minimum atomic E-state index is -5.55. The number of carbonyl (C=O) groups excluding carboxylic acids is 2. The first-order valence-corrected chi connectivity index (χ1v) is 10.2. The molecule has 30 heavy (non-hydrogen) atoms. The van der Waals surface area contributed by atoms with Crippen LogP contribution in [0.1, 0.15) is 12.5 Å². The quantitative estimate of drug-likeness (QED) is 0.480. The van der Waals surface area contributed by atoms with Crippen molar-refractivity contribution in [2.24, 2.45) is 0 Å². The molecular weight excluding hydrogens is 425 g/mol. The second kappa shape index (κ2) is 9.26. The average Bonchev–Trinajstić information content (AvgIpc) is 2.68. The standard InChI is InChI=1S/C19H19F3N2O5S/c1-2-29-17(26)18(19(20,21)22,23-16(25)13-14-9-5-3-6-10-14)24-30(27,28)15-11-7-4-8-12-15/h3-12,24H,2,13H2,1H3,(H,23,25)/t18-/m1/s1. The van der Waals surface area contributed by atoms with Crippen LogP contribution in [0.25, 0.3) is 0 Å². The Hall–Kier alpha value is -2.92. The first kappa shape index (κ1) is 23.4. The number of carbonyl (C=O) groups is 2. The maximum Gasteiger partial charge on any atom is 0.437 e. The van der Waals surface area contributed by atoms with Gasteiger partial charge in [0.05, 0.1) is 17.9 Å². The zero-order valence-electron chi connectivity index (χ0n) is 15.8. The number of esters is 1. The first-order chi connectivity index (χ1) is 14.0. The van der Waals surface area contributed by atoms with E-state index < -0.39 is 51.7 Å². The van der Waals surface area contributed by atoms with Crippen molar-refractivity contribution in [1.82, 2.24) is 10.0 Å². The lowest BCUT2D eigenvalue weighted by atomic mass is 10.1. The summed E-state index contributed by atoms with van der Waals surface area (Å²) in [7, 11) is -4.87. The highest BCUT2D eigenvalue weighted by atomic mass is 32.2. The lowest BCUT2D eigenvalue weighted by Gasteiger charge is -2.34. The molecule has 2 rings (SSSR count). The number of hydrogen-bond acceptors (Lipinski definition) is 5.